The first-order valence-corrected chi connectivity index (χ1v) is 10.1. The summed E-state index contributed by atoms with van der Waals surface area (Å²) in [6, 6.07) is 21.5. The van der Waals surface area contributed by atoms with Crippen LogP contribution in [0.4, 0.5) is 0 Å². The predicted molar refractivity (Wildman–Crippen MR) is 102 cm³/mol. The van der Waals surface area contributed by atoms with Crippen LogP contribution in [0.5, 0.6) is 0 Å². The quantitative estimate of drug-likeness (QED) is 0.460. The van der Waals surface area contributed by atoms with Gasteiger partial charge in [0, 0.05) is 13.0 Å². The van der Waals surface area contributed by atoms with Crippen LogP contribution in [0.1, 0.15) is 34.1 Å². The molecule has 0 unspecified atom stereocenters. The highest BCUT2D eigenvalue weighted by Crippen LogP contribution is 2.36. The molecule has 0 aromatic heterocycles. The summed E-state index contributed by atoms with van der Waals surface area (Å²) < 4.78 is 6.70. The van der Waals surface area contributed by atoms with Crippen LogP contribution < -0.4 is 10.4 Å². The van der Waals surface area contributed by atoms with Crippen molar-refractivity contribution in [1.29, 1.82) is 0 Å². The molecule has 2 aromatic carbocycles. The molecule has 2 heteroatoms. The van der Waals surface area contributed by atoms with Crippen molar-refractivity contribution in [2.45, 2.75) is 39.2 Å². The Balaban J connectivity index is 2.56. The zero-order valence-corrected chi connectivity index (χ0v) is 15.6. The maximum atomic E-state index is 6.70. The van der Waals surface area contributed by atoms with Gasteiger partial charge in [-0.3, -0.25) is 0 Å². The van der Waals surface area contributed by atoms with Crippen LogP contribution in [0.15, 0.2) is 60.7 Å². The highest BCUT2D eigenvalue weighted by atomic mass is 28.4. The van der Waals surface area contributed by atoms with E-state index in [4.69, 9.17) is 4.43 Å². The fourth-order valence-corrected chi connectivity index (χ4v) is 7.71. The minimum Gasteiger partial charge on any atom is -0.406 e. The van der Waals surface area contributed by atoms with Crippen molar-refractivity contribution in [2.75, 3.05) is 6.61 Å². The van der Waals surface area contributed by atoms with E-state index in [9.17, 15) is 0 Å². The van der Waals surface area contributed by atoms with Gasteiger partial charge < -0.3 is 4.43 Å². The van der Waals surface area contributed by atoms with Crippen molar-refractivity contribution >= 4 is 18.7 Å². The van der Waals surface area contributed by atoms with Crippen LogP contribution in [0.3, 0.4) is 0 Å². The summed E-state index contributed by atoms with van der Waals surface area (Å²) >= 11 is 0. The van der Waals surface area contributed by atoms with Gasteiger partial charge in [0.25, 0.3) is 8.32 Å². The maximum Gasteiger partial charge on any atom is 0.261 e. The van der Waals surface area contributed by atoms with E-state index in [1.807, 2.05) is 6.92 Å². The van der Waals surface area contributed by atoms with Gasteiger partial charge in [0.15, 0.2) is 0 Å². The van der Waals surface area contributed by atoms with Gasteiger partial charge in [-0.25, -0.2) is 0 Å². The second-order valence-electron chi connectivity index (χ2n) is 6.69. The Kier molecular flexibility index (Phi) is 5.82. The van der Waals surface area contributed by atoms with Gasteiger partial charge in [0.2, 0.25) is 0 Å². The zero-order chi connectivity index (χ0) is 16.8. The van der Waals surface area contributed by atoms with Crippen LogP contribution >= 0.6 is 0 Å². The van der Waals surface area contributed by atoms with E-state index >= 15 is 0 Å². The number of rotatable bonds is 5. The highest BCUT2D eigenvalue weighted by Gasteiger charge is 2.49. The third-order valence-electron chi connectivity index (χ3n) is 4.14. The molecule has 0 aliphatic carbocycles. The predicted octanol–water partition coefficient (Wildman–Crippen LogP) is 3.98. The minimum atomic E-state index is -2.37. The van der Waals surface area contributed by atoms with Crippen molar-refractivity contribution in [3.05, 3.63) is 60.7 Å². The van der Waals surface area contributed by atoms with Gasteiger partial charge in [-0.15, -0.1) is 11.8 Å². The third kappa shape index (κ3) is 3.75. The summed E-state index contributed by atoms with van der Waals surface area (Å²) in [5.74, 6) is 6.08. The third-order valence-corrected chi connectivity index (χ3v) is 9.18. The monoisotopic (exact) mass is 322 g/mol. The molecule has 0 heterocycles. The molecule has 0 atom stereocenters. The molecule has 0 spiro atoms. The first-order valence-electron chi connectivity index (χ1n) is 8.17. The summed E-state index contributed by atoms with van der Waals surface area (Å²) in [7, 11) is -2.37. The van der Waals surface area contributed by atoms with Gasteiger partial charge in [-0.1, -0.05) is 81.4 Å². The number of hydrogen-bond acceptors (Lipinski definition) is 1. The van der Waals surface area contributed by atoms with Crippen LogP contribution in [0, 0.1) is 11.8 Å². The minimum absolute atomic E-state index is 0.0371. The molecule has 0 radical (unpaired) electrons. The molecule has 0 saturated heterocycles. The van der Waals surface area contributed by atoms with Crippen molar-refractivity contribution in [3.63, 3.8) is 0 Å². The van der Waals surface area contributed by atoms with Crippen LogP contribution in [-0.4, -0.2) is 14.9 Å². The van der Waals surface area contributed by atoms with Gasteiger partial charge >= 0.3 is 0 Å². The van der Waals surface area contributed by atoms with E-state index in [0.29, 0.717) is 6.61 Å². The highest BCUT2D eigenvalue weighted by molar-refractivity contribution is 6.99. The number of benzene rings is 2. The molecule has 1 nitrogen and oxygen atoms in total. The topological polar surface area (TPSA) is 9.23 Å². The van der Waals surface area contributed by atoms with E-state index in [1.54, 1.807) is 0 Å². The molecule has 0 N–H and O–H groups in total. The van der Waals surface area contributed by atoms with E-state index in [1.165, 1.54) is 10.4 Å². The maximum absolute atomic E-state index is 6.70. The SMILES string of the molecule is CC#CCCO[Si](c1ccccc1)(c1ccccc1)C(C)(C)C. The molecule has 2 rings (SSSR count). The molecule has 23 heavy (non-hydrogen) atoms. The second-order valence-corrected chi connectivity index (χ2v) is 11.0. The largest absolute Gasteiger partial charge is 0.406 e. The molecule has 0 aliphatic heterocycles. The average Bonchev–Trinajstić information content (AvgIpc) is 2.55. The van der Waals surface area contributed by atoms with E-state index in [2.05, 4.69) is 93.3 Å². The van der Waals surface area contributed by atoms with E-state index in [-0.39, 0.29) is 5.04 Å². The Morgan fingerprint density at radius 2 is 1.35 bits per heavy atom. The molecule has 0 bridgehead atoms. The molecule has 0 amide bonds. The average molecular weight is 323 g/mol. The van der Waals surface area contributed by atoms with E-state index < -0.39 is 8.32 Å². The number of hydrogen-bond donors (Lipinski definition) is 0. The van der Waals surface area contributed by atoms with Crippen molar-refractivity contribution in [3.8, 4) is 11.8 Å². The normalized spacial score (nSPS) is 11.7. The lowest BCUT2D eigenvalue weighted by Gasteiger charge is -2.43. The zero-order valence-electron chi connectivity index (χ0n) is 14.6. The molecule has 0 aliphatic rings. The van der Waals surface area contributed by atoms with Crippen molar-refractivity contribution in [1.82, 2.24) is 0 Å². The van der Waals surface area contributed by atoms with Crippen molar-refractivity contribution < 1.29 is 4.43 Å². The Morgan fingerprint density at radius 1 is 0.870 bits per heavy atom. The van der Waals surface area contributed by atoms with Crippen LogP contribution in [-0.2, 0) is 4.43 Å². The van der Waals surface area contributed by atoms with Gasteiger partial charge in [-0.05, 0) is 22.3 Å². The molecule has 120 valence electrons. The summed E-state index contributed by atoms with van der Waals surface area (Å²) in [6.07, 6.45) is 0.779. The lowest BCUT2D eigenvalue weighted by molar-refractivity contribution is 0.306. The Bertz CT molecular complexity index is 620. The molecular weight excluding hydrogens is 296 g/mol. The summed E-state index contributed by atoms with van der Waals surface area (Å²) in [5.41, 5.74) is 0. The van der Waals surface area contributed by atoms with Gasteiger partial charge in [-0.2, -0.15) is 0 Å². The second kappa shape index (κ2) is 7.63. The Morgan fingerprint density at radius 3 is 1.74 bits per heavy atom. The van der Waals surface area contributed by atoms with E-state index in [0.717, 1.165) is 6.42 Å². The molecule has 0 saturated carbocycles. The van der Waals surface area contributed by atoms with Gasteiger partial charge in [0.1, 0.15) is 0 Å². The molecule has 0 fully saturated rings. The first-order chi connectivity index (χ1) is 11.0. The fraction of sp³-hybridized carbons (Fsp3) is 0.333. The summed E-state index contributed by atoms with van der Waals surface area (Å²) in [6.45, 7) is 9.44. The van der Waals surface area contributed by atoms with Crippen molar-refractivity contribution in [2.24, 2.45) is 0 Å². The van der Waals surface area contributed by atoms with Crippen LogP contribution in [0.2, 0.25) is 5.04 Å². The lowest BCUT2D eigenvalue weighted by Crippen LogP contribution is -2.66. The molecular formula is C21H26OSi. The van der Waals surface area contributed by atoms with Crippen LogP contribution in [0.25, 0.3) is 0 Å². The Labute approximate surface area is 141 Å². The lowest BCUT2D eigenvalue weighted by atomic mass is 10.2. The smallest absolute Gasteiger partial charge is 0.261 e. The van der Waals surface area contributed by atoms with Gasteiger partial charge in [0.05, 0.1) is 0 Å². The first kappa shape index (κ1) is 17.5. The summed E-state index contributed by atoms with van der Waals surface area (Å²) in [5, 5.41) is 2.68. The Hall–Kier alpha value is -1.82. The molecule has 2 aromatic rings. The fourth-order valence-electron chi connectivity index (χ4n) is 3.14. The standard InChI is InChI=1S/C21H26OSi/c1-5-6-13-18-22-23(21(2,3)4,19-14-9-7-10-15-19)20-16-11-8-12-17-20/h7-12,14-17H,13,18H2,1-4H3. The summed E-state index contributed by atoms with van der Waals surface area (Å²) in [4.78, 5) is 0.